The minimum Gasteiger partial charge on any atom is -0.390 e. The molecule has 2 atom stereocenters. The minimum absolute atomic E-state index is 0.322. The molecule has 0 aliphatic carbocycles. The summed E-state index contributed by atoms with van der Waals surface area (Å²) in [5, 5.41) is 19.0. The molecule has 3 rings (SSSR count). The molecule has 1 aromatic heterocycles. The number of ether oxygens (including phenoxy) is 1. The molecular weight excluding hydrogens is 318 g/mol. The fourth-order valence-electron chi connectivity index (χ4n) is 3.70. The van der Waals surface area contributed by atoms with Crippen LogP contribution in [0.4, 0.5) is 5.82 Å². The van der Waals surface area contributed by atoms with E-state index in [0.717, 1.165) is 70.3 Å². The predicted molar refractivity (Wildman–Crippen MR) is 97.9 cm³/mol. The van der Waals surface area contributed by atoms with Gasteiger partial charge in [0.2, 0.25) is 0 Å². The quantitative estimate of drug-likeness (QED) is 0.796. The lowest BCUT2D eigenvalue weighted by Gasteiger charge is -2.39. The second-order valence-corrected chi connectivity index (χ2v) is 7.28. The second kappa shape index (κ2) is 8.89. The molecule has 0 amide bonds. The molecule has 0 aromatic carbocycles. The third-order valence-corrected chi connectivity index (χ3v) is 5.20. The number of aliphatic hydroxyl groups excluding tert-OH is 1. The van der Waals surface area contributed by atoms with E-state index in [2.05, 4.69) is 38.0 Å². The van der Waals surface area contributed by atoms with Gasteiger partial charge in [0.15, 0.2) is 5.82 Å². The van der Waals surface area contributed by atoms with Gasteiger partial charge in [-0.2, -0.15) is 5.10 Å². The third kappa shape index (κ3) is 5.34. The zero-order valence-corrected chi connectivity index (χ0v) is 15.5. The van der Waals surface area contributed by atoms with E-state index in [-0.39, 0.29) is 6.10 Å². The van der Waals surface area contributed by atoms with Crippen molar-refractivity contribution in [1.82, 2.24) is 20.0 Å². The fraction of sp³-hybridized carbons (Fsp3) is 0.778. The topological polar surface area (TPSA) is 65.0 Å². The zero-order chi connectivity index (χ0) is 17.6. The van der Waals surface area contributed by atoms with Gasteiger partial charge in [0.05, 0.1) is 25.0 Å². The first kappa shape index (κ1) is 18.5. The van der Waals surface area contributed by atoms with Crippen LogP contribution < -0.4 is 4.90 Å². The number of anilines is 1. The summed E-state index contributed by atoms with van der Waals surface area (Å²) in [6, 6.07) is 4.51. The Morgan fingerprint density at radius 3 is 2.80 bits per heavy atom. The van der Waals surface area contributed by atoms with Crippen LogP contribution in [-0.2, 0) is 4.74 Å². The van der Waals surface area contributed by atoms with E-state index in [0.29, 0.717) is 12.6 Å². The Morgan fingerprint density at radius 1 is 1.28 bits per heavy atom. The summed E-state index contributed by atoms with van der Waals surface area (Å²) >= 11 is 0. The molecule has 2 saturated heterocycles. The van der Waals surface area contributed by atoms with Crippen molar-refractivity contribution in [3.05, 3.63) is 17.8 Å². The smallest absolute Gasteiger partial charge is 0.151 e. The molecule has 0 bridgehead atoms. The van der Waals surface area contributed by atoms with E-state index in [1.54, 1.807) is 0 Å². The number of hydrogen-bond donors (Lipinski definition) is 1. The molecule has 1 aromatic rings. The normalized spacial score (nSPS) is 23.8. The predicted octanol–water partition coefficient (Wildman–Crippen LogP) is 0.379. The molecule has 2 fully saturated rings. The first-order valence-electron chi connectivity index (χ1n) is 9.35. The van der Waals surface area contributed by atoms with Gasteiger partial charge >= 0.3 is 0 Å². The standard InChI is InChI=1S/C18H31N5O2/c1-15-5-6-18(20-19-15)23-7-3-4-16(12-23)21(2)13-17(24)14-22-8-10-25-11-9-22/h5-6,16-17,24H,3-4,7-14H2,1-2H3/t16-,17-/m1/s1. The Labute approximate surface area is 150 Å². The van der Waals surface area contributed by atoms with Gasteiger partial charge in [-0.15, -0.1) is 5.10 Å². The molecule has 2 aliphatic heterocycles. The summed E-state index contributed by atoms with van der Waals surface area (Å²) in [7, 11) is 2.12. The summed E-state index contributed by atoms with van der Waals surface area (Å²) in [6.45, 7) is 8.75. The van der Waals surface area contributed by atoms with Crippen LogP contribution >= 0.6 is 0 Å². The van der Waals surface area contributed by atoms with Gasteiger partial charge in [-0.25, -0.2) is 0 Å². The van der Waals surface area contributed by atoms with Crippen molar-refractivity contribution >= 4 is 5.82 Å². The van der Waals surface area contributed by atoms with E-state index < -0.39 is 0 Å². The summed E-state index contributed by atoms with van der Waals surface area (Å²) in [4.78, 5) is 6.90. The molecule has 140 valence electrons. The Bertz CT molecular complexity index is 521. The van der Waals surface area contributed by atoms with Crippen molar-refractivity contribution in [2.75, 3.05) is 64.4 Å². The number of hydrogen-bond acceptors (Lipinski definition) is 7. The lowest BCUT2D eigenvalue weighted by molar-refractivity contribution is 0.00529. The molecule has 0 unspecified atom stereocenters. The van der Waals surface area contributed by atoms with Crippen molar-refractivity contribution in [1.29, 1.82) is 0 Å². The lowest BCUT2D eigenvalue weighted by Crippen LogP contribution is -2.50. The summed E-state index contributed by atoms with van der Waals surface area (Å²) < 4.78 is 5.37. The molecule has 1 N–H and O–H groups in total. The van der Waals surface area contributed by atoms with Crippen molar-refractivity contribution in [3.8, 4) is 0 Å². The number of aromatic nitrogens is 2. The molecule has 2 aliphatic rings. The average Bonchev–Trinajstić information content (AvgIpc) is 2.63. The maximum Gasteiger partial charge on any atom is 0.151 e. The SMILES string of the molecule is Cc1ccc(N2CCC[C@@H](N(C)C[C@@H](O)CN3CCOCC3)C2)nn1. The number of rotatable bonds is 6. The van der Waals surface area contributed by atoms with Crippen molar-refractivity contribution in [2.24, 2.45) is 0 Å². The Morgan fingerprint density at radius 2 is 2.08 bits per heavy atom. The average molecular weight is 349 g/mol. The Balaban J connectivity index is 1.49. The molecule has 25 heavy (non-hydrogen) atoms. The van der Waals surface area contributed by atoms with Gasteiger partial charge in [-0.1, -0.05) is 0 Å². The molecule has 7 heteroatoms. The molecular formula is C18H31N5O2. The maximum absolute atomic E-state index is 10.5. The molecule has 0 spiro atoms. The molecule has 0 radical (unpaired) electrons. The van der Waals surface area contributed by atoms with E-state index in [1.807, 2.05) is 13.0 Å². The highest BCUT2D eigenvalue weighted by Gasteiger charge is 2.26. The summed E-state index contributed by atoms with van der Waals surface area (Å²) in [5.41, 5.74) is 0.945. The van der Waals surface area contributed by atoms with E-state index >= 15 is 0 Å². The number of β-amino-alcohol motifs (C(OH)–C–C–N with tert-alkyl or cyclic N) is 1. The molecule has 3 heterocycles. The van der Waals surface area contributed by atoms with Crippen LogP contribution in [0.1, 0.15) is 18.5 Å². The zero-order valence-electron chi connectivity index (χ0n) is 15.5. The van der Waals surface area contributed by atoms with Crippen LogP contribution in [0.25, 0.3) is 0 Å². The highest BCUT2D eigenvalue weighted by molar-refractivity contribution is 5.38. The number of likely N-dealkylation sites (N-methyl/N-ethyl adjacent to an activating group) is 1. The van der Waals surface area contributed by atoms with Crippen molar-refractivity contribution < 1.29 is 9.84 Å². The summed E-state index contributed by atoms with van der Waals surface area (Å²) in [6.07, 6.45) is 1.98. The lowest BCUT2D eigenvalue weighted by atomic mass is 10.0. The van der Waals surface area contributed by atoms with Gasteiger partial charge < -0.3 is 14.7 Å². The minimum atomic E-state index is -0.322. The van der Waals surface area contributed by atoms with Crippen molar-refractivity contribution in [3.63, 3.8) is 0 Å². The van der Waals surface area contributed by atoms with Gasteiger partial charge in [0.1, 0.15) is 0 Å². The van der Waals surface area contributed by atoms with Gasteiger partial charge in [0.25, 0.3) is 0 Å². The fourth-order valence-corrected chi connectivity index (χ4v) is 3.70. The van der Waals surface area contributed by atoms with Crippen LogP contribution in [0.5, 0.6) is 0 Å². The van der Waals surface area contributed by atoms with Gasteiger partial charge in [0, 0.05) is 45.3 Å². The highest BCUT2D eigenvalue weighted by Crippen LogP contribution is 2.20. The van der Waals surface area contributed by atoms with Gasteiger partial charge in [-0.3, -0.25) is 9.80 Å². The van der Waals surface area contributed by atoms with Crippen LogP contribution in [0.15, 0.2) is 12.1 Å². The first-order chi connectivity index (χ1) is 12.1. The number of morpholine rings is 1. The van der Waals surface area contributed by atoms with Crippen LogP contribution in [0, 0.1) is 6.92 Å². The monoisotopic (exact) mass is 349 g/mol. The Hall–Kier alpha value is -1.28. The third-order valence-electron chi connectivity index (χ3n) is 5.20. The van der Waals surface area contributed by atoms with E-state index in [9.17, 15) is 5.11 Å². The van der Waals surface area contributed by atoms with Crippen LogP contribution in [0.2, 0.25) is 0 Å². The van der Waals surface area contributed by atoms with E-state index in [4.69, 9.17) is 4.74 Å². The number of aliphatic hydroxyl groups is 1. The van der Waals surface area contributed by atoms with Crippen LogP contribution in [-0.4, -0.2) is 96.8 Å². The molecule has 7 nitrogen and oxygen atoms in total. The summed E-state index contributed by atoms with van der Waals surface area (Å²) in [5.74, 6) is 0.956. The number of aryl methyl sites for hydroxylation is 1. The largest absolute Gasteiger partial charge is 0.390 e. The maximum atomic E-state index is 10.5. The van der Waals surface area contributed by atoms with Gasteiger partial charge in [-0.05, 0) is 38.9 Å². The number of piperidine rings is 1. The first-order valence-corrected chi connectivity index (χ1v) is 9.35. The van der Waals surface area contributed by atoms with Crippen molar-refractivity contribution in [2.45, 2.75) is 31.9 Å². The second-order valence-electron chi connectivity index (χ2n) is 7.28. The highest BCUT2D eigenvalue weighted by atomic mass is 16.5. The van der Waals surface area contributed by atoms with Crippen LogP contribution in [0.3, 0.4) is 0 Å². The molecule has 0 saturated carbocycles. The Kier molecular flexibility index (Phi) is 6.58. The van der Waals surface area contributed by atoms with E-state index in [1.165, 1.54) is 0 Å². The number of nitrogens with zero attached hydrogens (tertiary/aromatic N) is 5.